The molecule has 0 fully saturated rings. The highest BCUT2D eigenvalue weighted by Crippen LogP contribution is 2.47. The van der Waals surface area contributed by atoms with Crippen molar-refractivity contribution in [2.75, 3.05) is 0 Å². The zero-order valence-electron chi connectivity index (χ0n) is 30.6. The van der Waals surface area contributed by atoms with Gasteiger partial charge in [-0.05, 0) is 75.3 Å². The number of fused-ring (bicyclic) bond motifs is 6. The fourth-order valence-electron chi connectivity index (χ4n) is 8.72. The Morgan fingerprint density at radius 2 is 0.946 bits per heavy atom. The molecule has 0 N–H and O–H groups in total. The minimum Gasteiger partial charge on any atom is -0.309 e. The molecule has 0 atom stereocenters. The predicted molar refractivity (Wildman–Crippen MR) is 232 cm³/mol. The summed E-state index contributed by atoms with van der Waals surface area (Å²) in [5.41, 5.74) is 18.4. The average molecular weight is 714 g/mol. The molecule has 0 bridgehead atoms. The number of hydrogen-bond acceptors (Lipinski definition) is 2. The quantitative estimate of drug-likeness (QED) is 0.172. The Kier molecular flexibility index (Phi) is 7.56. The first kappa shape index (κ1) is 32.1. The van der Waals surface area contributed by atoms with Crippen LogP contribution in [0.4, 0.5) is 0 Å². The Morgan fingerprint density at radius 3 is 1.75 bits per heavy atom. The van der Waals surface area contributed by atoms with E-state index in [9.17, 15) is 0 Å². The van der Waals surface area contributed by atoms with Crippen LogP contribution in [0, 0.1) is 0 Å². The van der Waals surface area contributed by atoms with Crippen LogP contribution in [0.3, 0.4) is 0 Å². The third-order valence-electron chi connectivity index (χ3n) is 11.2. The average Bonchev–Trinajstić information content (AvgIpc) is 3.83. The van der Waals surface area contributed by atoms with Crippen molar-refractivity contribution in [2.45, 2.75) is 6.42 Å². The molecule has 0 saturated carbocycles. The monoisotopic (exact) mass is 713 g/mol. The van der Waals surface area contributed by atoms with Gasteiger partial charge in [-0.25, -0.2) is 9.97 Å². The van der Waals surface area contributed by atoms with Crippen molar-refractivity contribution in [1.29, 1.82) is 0 Å². The molecule has 2 heterocycles. The SMILES string of the molecule is c1ccc(-c2cccc(-c3nc(-c4ccccc4)nc4c3Cc3cccc(-c5cccc(-c6cccc7c6c6ccccc6n7-c6ccccc6)c5)c3-4)c2)cc1. The third-order valence-corrected chi connectivity index (χ3v) is 11.2. The Morgan fingerprint density at radius 1 is 0.393 bits per heavy atom. The van der Waals surface area contributed by atoms with Gasteiger partial charge in [0.05, 0.1) is 22.4 Å². The van der Waals surface area contributed by atoms with Crippen molar-refractivity contribution in [3.63, 3.8) is 0 Å². The highest BCUT2D eigenvalue weighted by Gasteiger charge is 2.29. The normalized spacial score (nSPS) is 11.9. The molecule has 8 aromatic carbocycles. The van der Waals surface area contributed by atoms with E-state index in [4.69, 9.17) is 9.97 Å². The van der Waals surface area contributed by atoms with Crippen molar-refractivity contribution in [2.24, 2.45) is 0 Å². The van der Waals surface area contributed by atoms with Gasteiger partial charge in [0.25, 0.3) is 0 Å². The second kappa shape index (κ2) is 13.2. The number of nitrogens with zero attached hydrogens (tertiary/aromatic N) is 3. The lowest BCUT2D eigenvalue weighted by atomic mass is 9.92. The zero-order valence-corrected chi connectivity index (χ0v) is 30.6. The molecule has 0 spiro atoms. The molecule has 56 heavy (non-hydrogen) atoms. The van der Waals surface area contributed by atoms with Gasteiger partial charge in [0.15, 0.2) is 5.82 Å². The number of hydrogen-bond donors (Lipinski definition) is 0. The molecule has 0 amide bonds. The highest BCUT2D eigenvalue weighted by molar-refractivity contribution is 6.16. The van der Waals surface area contributed by atoms with E-state index < -0.39 is 0 Å². The Labute approximate surface area is 325 Å². The van der Waals surface area contributed by atoms with Gasteiger partial charge in [-0.2, -0.15) is 0 Å². The Balaban J connectivity index is 1.09. The van der Waals surface area contributed by atoms with Crippen LogP contribution in [-0.4, -0.2) is 14.5 Å². The van der Waals surface area contributed by atoms with Crippen LogP contribution in [-0.2, 0) is 6.42 Å². The van der Waals surface area contributed by atoms with Crippen LogP contribution in [0.25, 0.3) is 94.8 Å². The number of para-hydroxylation sites is 2. The van der Waals surface area contributed by atoms with Gasteiger partial charge in [-0.3, -0.25) is 0 Å². The highest BCUT2D eigenvalue weighted by atomic mass is 15.0. The van der Waals surface area contributed by atoms with Gasteiger partial charge in [-0.15, -0.1) is 0 Å². The summed E-state index contributed by atoms with van der Waals surface area (Å²) in [5.74, 6) is 0.738. The molecule has 0 radical (unpaired) electrons. The largest absolute Gasteiger partial charge is 0.309 e. The summed E-state index contributed by atoms with van der Waals surface area (Å²) >= 11 is 0. The fourth-order valence-corrected chi connectivity index (χ4v) is 8.72. The van der Waals surface area contributed by atoms with E-state index in [2.05, 4.69) is 199 Å². The van der Waals surface area contributed by atoms with E-state index in [-0.39, 0.29) is 0 Å². The van der Waals surface area contributed by atoms with E-state index >= 15 is 0 Å². The van der Waals surface area contributed by atoms with Crippen LogP contribution in [0.15, 0.2) is 200 Å². The lowest BCUT2D eigenvalue weighted by Crippen LogP contribution is -1.99. The Hall–Kier alpha value is -7.36. The van der Waals surface area contributed by atoms with Gasteiger partial charge >= 0.3 is 0 Å². The Bertz CT molecular complexity index is 3090. The summed E-state index contributed by atoms with van der Waals surface area (Å²) in [6.07, 6.45) is 0.774. The summed E-state index contributed by atoms with van der Waals surface area (Å²) in [6, 6.07) is 71.6. The summed E-state index contributed by atoms with van der Waals surface area (Å²) in [5, 5.41) is 2.51. The maximum absolute atomic E-state index is 5.39. The van der Waals surface area contributed by atoms with E-state index in [0.717, 1.165) is 40.4 Å². The van der Waals surface area contributed by atoms with Gasteiger partial charge in [0, 0.05) is 45.1 Å². The molecule has 3 heteroatoms. The van der Waals surface area contributed by atoms with Crippen LogP contribution >= 0.6 is 0 Å². The lowest BCUT2D eigenvalue weighted by Gasteiger charge is -2.14. The maximum atomic E-state index is 5.39. The number of benzene rings is 8. The van der Waals surface area contributed by atoms with Crippen LogP contribution < -0.4 is 0 Å². The second-order valence-electron chi connectivity index (χ2n) is 14.5. The molecule has 1 aliphatic rings. The molecule has 262 valence electrons. The summed E-state index contributed by atoms with van der Waals surface area (Å²) in [6.45, 7) is 0. The second-order valence-corrected chi connectivity index (χ2v) is 14.5. The maximum Gasteiger partial charge on any atom is 0.160 e. The van der Waals surface area contributed by atoms with Crippen molar-refractivity contribution >= 4 is 21.8 Å². The summed E-state index contributed by atoms with van der Waals surface area (Å²) < 4.78 is 2.39. The standard InChI is InChI=1S/C53H35N3/c1-4-16-35(17-5-1)37-20-12-24-41(32-37)51-46-34-40-23-14-28-43(49(40)52(46)55-53(54-51)36-18-6-2-7-19-36)38-21-13-22-39(33-38)44-29-15-31-48-50(44)45-27-10-11-30-47(45)56(48)42-25-8-3-9-26-42/h1-33H,34H2. The molecule has 0 unspecified atom stereocenters. The molecule has 2 aromatic heterocycles. The van der Waals surface area contributed by atoms with Crippen molar-refractivity contribution in [1.82, 2.24) is 14.5 Å². The zero-order chi connectivity index (χ0) is 37.0. The van der Waals surface area contributed by atoms with Crippen molar-refractivity contribution in [3.05, 3.63) is 211 Å². The van der Waals surface area contributed by atoms with E-state index in [1.54, 1.807) is 0 Å². The first-order valence-electron chi connectivity index (χ1n) is 19.2. The van der Waals surface area contributed by atoms with E-state index in [1.165, 1.54) is 71.9 Å². The van der Waals surface area contributed by atoms with Gasteiger partial charge in [0.2, 0.25) is 0 Å². The van der Waals surface area contributed by atoms with Crippen LogP contribution in [0.2, 0.25) is 0 Å². The smallest absolute Gasteiger partial charge is 0.160 e. The van der Waals surface area contributed by atoms with Crippen LogP contribution in [0.5, 0.6) is 0 Å². The van der Waals surface area contributed by atoms with Crippen molar-refractivity contribution < 1.29 is 0 Å². The first-order chi connectivity index (χ1) is 27.8. The fraction of sp³-hybridized carbons (Fsp3) is 0.0189. The minimum atomic E-state index is 0.738. The van der Waals surface area contributed by atoms with Crippen LogP contribution in [0.1, 0.15) is 11.1 Å². The van der Waals surface area contributed by atoms with Gasteiger partial charge in [-0.1, -0.05) is 164 Å². The molecular weight excluding hydrogens is 679 g/mol. The third kappa shape index (κ3) is 5.28. The van der Waals surface area contributed by atoms with E-state index in [0.29, 0.717) is 0 Å². The molecule has 3 nitrogen and oxygen atoms in total. The molecule has 0 saturated heterocycles. The van der Waals surface area contributed by atoms with Crippen molar-refractivity contribution in [3.8, 4) is 73.0 Å². The summed E-state index contributed by atoms with van der Waals surface area (Å²) in [4.78, 5) is 10.7. The minimum absolute atomic E-state index is 0.738. The molecule has 1 aliphatic carbocycles. The number of aromatic nitrogens is 3. The molecule has 10 aromatic rings. The summed E-state index contributed by atoms with van der Waals surface area (Å²) in [7, 11) is 0. The molecular formula is C53H35N3. The lowest BCUT2D eigenvalue weighted by molar-refractivity contribution is 1.13. The first-order valence-corrected chi connectivity index (χ1v) is 19.2. The topological polar surface area (TPSA) is 30.7 Å². The molecule has 0 aliphatic heterocycles. The molecule has 11 rings (SSSR count). The van der Waals surface area contributed by atoms with E-state index in [1.807, 2.05) is 6.07 Å². The van der Waals surface area contributed by atoms with Gasteiger partial charge in [0.1, 0.15) is 0 Å². The predicted octanol–water partition coefficient (Wildman–Crippen LogP) is 13.5. The number of rotatable bonds is 6. The van der Waals surface area contributed by atoms with Gasteiger partial charge < -0.3 is 4.57 Å².